The van der Waals surface area contributed by atoms with Crippen molar-refractivity contribution in [2.75, 3.05) is 6.54 Å². The zero-order valence-corrected chi connectivity index (χ0v) is 11.9. The number of nitrogens with one attached hydrogen (secondary N) is 1. The third-order valence-corrected chi connectivity index (χ3v) is 4.76. The second kappa shape index (κ2) is 6.38. The van der Waals surface area contributed by atoms with Crippen molar-refractivity contribution in [3.05, 3.63) is 0 Å². The Labute approximate surface area is 99.1 Å². The number of alkyl carbamates (subject to hydrolysis) is 1. The van der Waals surface area contributed by atoms with Crippen molar-refractivity contribution in [3.63, 3.8) is 0 Å². The van der Waals surface area contributed by atoms with Gasteiger partial charge >= 0.3 is 6.09 Å². The lowest BCUT2D eigenvalue weighted by atomic mass is 10.2. The first-order valence-corrected chi connectivity index (χ1v) is 8.14. The molecule has 1 radical (unpaired) electrons. The van der Waals surface area contributed by atoms with E-state index in [-0.39, 0.29) is 11.1 Å². The average Bonchev–Trinajstić information content (AvgIpc) is 2.00. The maximum absolute atomic E-state index is 11.2. The molecule has 0 rings (SSSR count). The fraction of sp³-hybridized carbons (Fsp3) is 0.900. The molecule has 0 heterocycles. The van der Waals surface area contributed by atoms with Crippen LogP contribution in [-0.4, -0.2) is 32.0 Å². The van der Waals surface area contributed by atoms with E-state index >= 15 is 0 Å². The Hall–Kier alpha value is -0.223. The van der Waals surface area contributed by atoms with Gasteiger partial charge in [-0.3, -0.25) is 0 Å². The Morgan fingerprint density at radius 2 is 2.00 bits per heavy atom. The van der Waals surface area contributed by atoms with Crippen LogP contribution in [0.15, 0.2) is 0 Å². The maximum atomic E-state index is 11.2. The molecule has 15 heavy (non-hydrogen) atoms. The van der Waals surface area contributed by atoms with Crippen molar-refractivity contribution in [1.29, 1.82) is 0 Å². The number of alkyl halides is 1. The normalized spacial score (nSPS) is 13.8. The smallest absolute Gasteiger partial charge is 0.407 e. The number of halogens is 1. The Bertz CT molecular complexity index is 204. The Balaban J connectivity index is 3.65. The van der Waals surface area contributed by atoms with Gasteiger partial charge in [-0.15, -0.1) is 11.6 Å². The predicted octanol–water partition coefficient (Wildman–Crippen LogP) is 2.80. The molecular weight excluding hydrogens is 230 g/mol. The molecule has 3 nitrogen and oxygen atoms in total. The van der Waals surface area contributed by atoms with Gasteiger partial charge < -0.3 is 10.1 Å². The van der Waals surface area contributed by atoms with E-state index < -0.39 is 14.4 Å². The van der Waals surface area contributed by atoms with Crippen molar-refractivity contribution >= 4 is 26.5 Å². The summed E-state index contributed by atoms with van der Waals surface area (Å²) in [6.45, 7) is 10.4. The van der Waals surface area contributed by atoms with Crippen molar-refractivity contribution < 1.29 is 9.53 Å². The number of hydrogen-bond donors (Lipinski definition) is 1. The third kappa shape index (κ3) is 8.75. The minimum absolute atomic E-state index is 0.199. The first-order chi connectivity index (χ1) is 6.72. The van der Waals surface area contributed by atoms with E-state index in [9.17, 15) is 4.79 Å². The summed E-state index contributed by atoms with van der Waals surface area (Å²) in [5.74, 6) is 0. The van der Waals surface area contributed by atoms with Crippen LogP contribution in [0, 0.1) is 0 Å². The van der Waals surface area contributed by atoms with Gasteiger partial charge in [0.2, 0.25) is 0 Å². The molecule has 1 unspecified atom stereocenters. The molecule has 1 atom stereocenters. The van der Waals surface area contributed by atoms with Crippen molar-refractivity contribution in [1.82, 2.24) is 5.32 Å². The molecule has 0 spiro atoms. The highest BCUT2D eigenvalue weighted by Gasteiger charge is 2.16. The SMILES string of the molecule is C[Si](C)C(Cl)CCNC(=O)OC(C)(C)C. The first-order valence-electron chi connectivity index (χ1n) is 5.13. The van der Waals surface area contributed by atoms with Crippen LogP contribution in [0.3, 0.4) is 0 Å². The van der Waals surface area contributed by atoms with E-state index in [0.29, 0.717) is 6.54 Å². The number of ether oxygens (including phenoxy) is 1. The minimum atomic E-state index is -0.471. The monoisotopic (exact) mass is 250 g/mol. The van der Waals surface area contributed by atoms with Crippen LogP contribution in [0.25, 0.3) is 0 Å². The highest BCUT2D eigenvalue weighted by atomic mass is 35.5. The quantitative estimate of drug-likeness (QED) is 0.616. The summed E-state index contributed by atoms with van der Waals surface area (Å²) >= 11 is 6.09. The lowest BCUT2D eigenvalue weighted by Gasteiger charge is -2.20. The zero-order chi connectivity index (χ0) is 12.1. The van der Waals surface area contributed by atoms with E-state index in [1.54, 1.807) is 0 Å². The third-order valence-electron chi connectivity index (χ3n) is 1.69. The molecule has 89 valence electrons. The van der Waals surface area contributed by atoms with Gasteiger partial charge in [-0.05, 0) is 27.2 Å². The molecular formula is C10H21ClNO2Si. The lowest BCUT2D eigenvalue weighted by molar-refractivity contribution is 0.0527. The Morgan fingerprint density at radius 3 is 2.40 bits per heavy atom. The second-order valence-corrected chi connectivity index (χ2v) is 8.51. The summed E-state index contributed by atoms with van der Waals surface area (Å²) in [6.07, 6.45) is 0.439. The van der Waals surface area contributed by atoms with Gasteiger partial charge in [-0.25, -0.2) is 4.79 Å². The Morgan fingerprint density at radius 1 is 1.47 bits per heavy atom. The van der Waals surface area contributed by atoms with E-state index in [4.69, 9.17) is 16.3 Å². The molecule has 5 heteroatoms. The molecule has 0 aliphatic rings. The molecule has 1 N–H and O–H groups in total. The summed E-state index contributed by atoms with van der Waals surface area (Å²) in [4.78, 5) is 11.2. The molecule has 0 aromatic heterocycles. The van der Waals surface area contributed by atoms with Gasteiger partial charge in [-0.1, -0.05) is 13.1 Å². The van der Waals surface area contributed by atoms with Crippen molar-refractivity contribution in [3.8, 4) is 0 Å². The topological polar surface area (TPSA) is 38.3 Å². The molecule has 0 saturated heterocycles. The summed E-state index contributed by atoms with van der Waals surface area (Å²) in [5.41, 5.74) is -0.436. The van der Waals surface area contributed by atoms with Crippen LogP contribution < -0.4 is 5.32 Å². The van der Waals surface area contributed by atoms with Crippen molar-refractivity contribution in [2.45, 2.75) is 50.9 Å². The largest absolute Gasteiger partial charge is 0.444 e. The molecule has 0 fully saturated rings. The highest BCUT2D eigenvalue weighted by molar-refractivity contribution is 6.67. The van der Waals surface area contributed by atoms with Gasteiger partial charge in [-0.2, -0.15) is 0 Å². The van der Waals surface area contributed by atoms with E-state index in [0.717, 1.165) is 6.42 Å². The summed E-state index contributed by atoms with van der Waals surface area (Å²) in [5, 5.41) is 2.89. The molecule has 0 bridgehead atoms. The average molecular weight is 251 g/mol. The minimum Gasteiger partial charge on any atom is -0.444 e. The highest BCUT2D eigenvalue weighted by Crippen LogP contribution is 2.08. The fourth-order valence-corrected chi connectivity index (χ4v) is 1.73. The molecule has 0 saturated carbocycles. The summed E-state index contributed by atoms with van der Waals surface area (Å²) < 4.78 is 5.10. The second-order valence-electron chi connectivity index (χ2n) is 4.76. The number of hydrogen-bond acceptors (Lipinski definition) is 2. The van der Waals surface area contributed by atoms with Crippen LogP contribution in [0.4, 0.5) is 4.79 Å². The maximum Gasteiger partial charge on any atom is 0.407 e. The van der Waals surface area contributed by atoms with Crippen LogP contribution >= 0.6 is 11.6 Å². The summed E-state index contributed by atoms with van der Waals surface area (Å²) in [7, 11) is -0.471. The van der Waals surface area contributed by atoms with Crippen LogP contribution in [0.5, 0.6) is 0 Å². The first kappa shape index (κ1) is 14.8. The predicted molar refractivity (Wildman–Crippen MR) is 66.0 cm³/mol. The molecule has 1 amide bonds. The van der Waals surface area contributed by atoms with Crippen LogP contribution in [0.2, 0.25) is 13.1 Å². The van der Waals surface area contributed by atoms with E-state index in [2.05, 4.69) is 18.4 Å². The molecule has 0 aliphatic heterocycles. The van der Waals surface area contributed by atoms with Gasteiger partial charge in [0.15, 0.2) is 0 Å². The standard InChI is InChI=1S/C10H21ClNO2Si/c1-10(2,3)14-9(13)12-7-6-8(11)15(4)5/h8H,6-7H2,1-5H3,(H,12,13). The molecule has 0 aromatic rings. The fourth-order valence-electron chi connectivity index (χ4n) is 0.904. The lowest BCUT2D eigenvalue weighted by Crippen LogP contribution is -2.34. The van der Waals surface area contributed by atoms with Crippen molar-refractivity contribution in [2.24, 2.45) is 0 Å². The Kier molecular flexibility index (Phi) is 6.28. The van der Waals surface area contributed by atoms with Gasteiger partial charge in [0, 0.05) is 11.5 Å². The van der Waals surface area contributed by atoms with Gasteiger partial charge in [0.25, 0.3) is 0 Å². The number of amides is 1. The number of carbonyl (C=O) groups excluding carboxylic acids is 1. The summed E-state index contributed by atoms with van der Waals surface area (Å²) in [6, 6.07) is 0. The zero-order valence-electron chi connectivity index (χ0n) is 10.2. The van der Waals surface area contributed by atoms with E-state index in [1.807, 2.05) is 20.8 Å². The number of rotatable bonds is 4. The molecule has 0 aliphatic carbocycles. The molecule has 0 aromatic carbocycles. The van der Waals surface area contributed by atoms with E-state index in [1.165, 1.54) is 0 Å². The number of carbonyl (C=O) groups is 1. The van der Waals surface area contributed by atoms with Crippen LogP contribution in [0.1, 0.15) is 27.2 Å². The van der Waals surface area contributed by atoms with Gasteiger partial charge in [0.05, 0.1) is 8.80 Å². The van der Waals surface area contributed by atoms with Gasteiger partial charge in [0.1, 0.15) is 5.60 Å². The van der Waals surface area contributed by atoms with Crippen LogP contribution in [-0.2, 0) is 4.74 Å².